The van der Waals surface area contributed by atoms with Gasteiger partial charge in [-0.1, -0.05) is 64.1 Å². The molecule has 2 aliphatic rings. The zero-order chi connectivity index (χ0) is 25.2. The van der Waals surface area contributed by atoms with Crippen molar-refractivity contribution in [3.63, 3.8) is 0 Å². The quantitative estimate of drug-likeness (QED) is 0.613. The molecule has 1 saturated heterocycles. The summed E-state index contributed by atoms with van der Waals surface area (Å²) in [4.78, 5) is 20.5. The number of carbonyl (C=O) groups is 1. The molecule has 2 aromatic rings. The van der Waals surface area contributed by atoms with Crippen LogP contribution >= 0.6 is 0 Å². The van der Waals surface area contributed by atoms with Crippen LogP contribution in [-0.4, -0.2) is 44.2 Å². The number of fused-ring (bicyclic) bond motifs is 1. The number of nitrogens with zero attached hydrogens (tertiary/aromatic N) is 2. The molecule has 2 unspecified atom stereocenters. The van der Waals surface area contributed by atoms with Gasteiger partial charge in [0.25, 0.3) is 10.0 Å². The lowest BCUT2D eigenvalue weighted by atomic mass is 9.91. The molecule has 1 amide bonds. The maximum atomic E-state index is 13.2. The van der Waals surface area contributed by atoms with Crippen LogP contribution in [0.2, 0.25) is 0 Å². The van der Waals surface area contributed by atoms with Crippen LogP contribution in [-0.2, 0) is 27.9 Å². The van der Waals surface area contributed by atoms with E-state index < -0.39 is 16.1 Å². The molecule has 2 aliphatic heterocycles. The minimum Gasteiger partial charge on any atom is -0.350 e. The van der Waals surface area contributed by atoms with E-state index in [1.54, 1.807) is 24.3 Å². The van der Waals surface area contributed by atoms with Gasteiger partial charge < -0.3 is 5.32 Å². The van der Waals surface area contributed by atoms with Crippen molar-refractivity contribution < 1.29 is 13.2 Å². The Balaban J connectivity index is 1.47. The number of amidine groups is 1. The third-order valence-electron chi connectivity index (χ3n) is 6.74. The molecule has 3 atom stereocenters. The van der Waals surface area contributed by atoms with Crippen LogP contribution in [0.1, 0.15) is 50.8 Å². The van der Waals surface area contributed by atoms with Gasteiger partial charge in [0.15, 0.2) is 0 Å². The fourth-order valence-corrected chi connectivity index (χ4v) is 6.45. The van der Waals surface area contributed by atoms with Gasteiger partial charge in [-0.2, -0.15) is 0 Å². The van der Waals surface area contributed by atoms with Gasteiger partial charge in [-0.15, -0.1) is 0 Å². The molecule has 2 N–H and O–H groups in total. The van der Waals surface area contributed by atoms with Gasteiger partial charge in [0.2, 0.25) is 5.91 Å². The second-order valence-corrected chi connectivity index (χ2v) is 12.0. The minimum atomic E-state index is -3.65. The molecule has 0 spiro atoms. The summed E-state index contributed by atoms with van der Waals surface area (Å²) < 4.78 is 27.4. The van der Waals surface area contributed by atoms with E-state index in [4.69, 9.17) is 0 Å². The summed E-state index contributed by atoms with van der Waals surface area (Å²) >= 11 is 0. The summed E-state index contributed by atoms with van der Waals surface area (Å²) in [6.45, 7) is 11.9. The molecule has 188 valence electrons. The third kappa shape index (κ3) is 5.93. The van der Waals surface area contributed by atoms with E-state index in [-0.39, 0.29) is 22.6 Å². The zero-order valence-electron chi connectivity index (χ0n) is 21.0. The number of rotatable bonds is 7. The van der Waals surface area contributed by atoms with E-state index >= 15 is 0 Å². The average Bonchev–Trinajstić information content (AvgIpc) is 3.06. The molecule has 35 heavy (non-hydrogen) atoms. The summed E-state index contributed by atoms with van der Waals surface area (Å²) in [7, 11) is -3.65. The van der Waals surface area contributed by atoms with Crippen molar-refractivity contribution in [2.75, 3.05) is 13.1 Å². The highest BCUT2D eigenvalue weighted by atomic mass is 32.2. The molecule has 0 bridgehead atoms. The lowest BCUT2D eigenvalue weighted by Gasteiger charge is -2.35. The van der Waals surface area contributed by atoms with Gasteiger partial charge in [-0.3, -0.25) is 19.4 Å². The molecule has 8 heteroatoms. The Morgan fingerprint density at radius 1 is 1.06 bits per heavy atom. The van der Waals surface area contributed by atoms with Crippen LogP contribution in [0.4, 0.5) is 0 Å². The number of nitrogens with one attached hydrogen (secondary N) is 2. The largest absolute Gasteiger partial charge is 0.350 e. The van der Waals surface area contributed by atoms with Gasteiger partial charge in [0.05, 0.1) is 4.90 Å². The van der Waals surface area contributed by atoms with Crippen molar-refractivity contribution in [1.29, 1.82) is 0 Å². The second kappa shape index (κ2) is 10.5. The van der Waals surface area contributed by atoms with Crippen LogP contribution in [0.3, 0.4) is 0 Å². The predicted molar refractivity (Wildman–Crippen MR) is 138 cm³/mol. The molecule has 0 radical (unpaired) electrons. The number of piperidine rings is 1. The van der Waals surface area contributed by atoms with Gasteiger partial charge in [0.1, 0.15) is 11.9 Å². The summed E-state index contributed by atoms with van der Waals surface area (Å²) in [5.41, 5.74) is 2.81. The lowest BCUT2D eigenvalue weighted by molar-refractivity contribution is -0.123. The number of hydrogen-bond donors (Lipinski definition) is 2. The summed E-state index contributed by atoms with van der Waals surface area (Å²) in [6.07, 6.45) is 1.27. The standard InChI is InChI=1S/C27H36N4O3S/c1-18(2)25(29-26-23-11-7-8-12-24(23)35(33,34)30-26)27(32)28-14-21-9-5-6-10-22(21)17-31-15-19(3)13-20(4)16-31/h5-12,18-20,25H,13-17H2,1-4H3,(H,28,32)(H,29,30)/t19?,20?,25-/m0/s1. The van der Waals surface area contributed by atoms with Crippen LogP contribution in [0.15, 0.2) is 58.4 Å². The van der Waals surface area contributed by atoms with Crippen LogP contribution in [0, 0.1) is 17.8 Å². The monoisotopic (exact) mass is 496 g/mol. The number of likely N-dealkylation sites (tertiary alicyclic amines) is 1. The van der Waals surface area contributed by atoms with E-state index in [0.717, 1.165) is 25.2 Å². The third-order valence-corrected chi connectivity index (χ3v) is 8.14. The fraction of sp³-hybridized carbons (Fsp3) is 0.481. The van der Waals surface area contributed by atoms with Gasteiger partial charge in [-0.05, 0) is 47.4 Å². The van der Waals surface area contributed by atoms with Crippen LogP contribution in [0.25, 0.3) is 0 Å². The van der Waals surface area contributed by atoms with Crippen molar-refractivity contribution in [3.05, 3.63) is 65.2 Å². The Morgan fingerprint density at radius 2 is 1.69 bits per heavy atom. The topological polar surface area (TPSA) is 90.9 Å². The Hall–Kier alpha value is -2.71. The van der Waals surface area contributed by atoms with E-state index in [2.05, 4.69) is 45.9 Å². The smallest absolute Gasteiger partial charge is 0.263 e. The van der Waals surface area contributed by atoms with Crippen LogP contribution in [0.5, 0.6) is 0 Å². The number of sulfonamides is 1. The maximum Gasteiger partial charge on any atom is 0.263 e. The van der Waals surface area contributed by atoms with E-state index in [9.17, 15) is 13.2 Å². The highest BCUT2D eigenvalue weighted by Gasteiger charge is 2.32. The number of aliphatic imine (C=N–C) groups is 1. The predicted octanol–water partition coefficient (Wildman–Crippen LogP) is 3.54. The summed E-state index contributed by atoms with van der Waals surface area (Å²) in [5, 5.41) is 3.05. The van der Waals surface area contributed by atoms with Gasteiger partial charge >= 0.3 is 0 Å². The Kier molecular flexibility index (Phi) is 7.62. The SMILES string of the molecule is CC1CC(C)CN(Cc2ccccc2CNC(=O)[C@@H](N=C2NS(=O)(=O)c3ccccc32)C(C)C)C1. The first-order chi connectivity index (χ1) is 16.6. The maximum absolute atomic E-state index is 13.2. The first kappa shape index (κ1) is 25.4. The normalized spacial score (nSPS) is 23.6. The highest BCUT2D eigenvalue weighted by Crippen LogP contribution is 2.25. The number of benzene rings is 2. The van der Waals surface area contributed by atoms with Gasteiger partial charge in [-0.25, -0.2) is 8.42 Å². The highest BCUT2D eigenvalue weighted by molar-refractivity contribution is 7.90. The van der Waals surface area contributed by atoms with Crippen molar-refractivity contribution in [2.45, 2.75) is 58.1 Å². The van der Waals surface area contributed by atoms with Gasteiger partial charge in [0, 0.05) is 31.7 Å². The van der Waals surface area contributed by atoms with Crippen molar-refractivity contribution in [2.24, 2.45) is 22.7 Å². The van der Waals surface area contributed by atoms with Crippen LogP contribution < -0.4 is 10.0 Å². The number of hydrogen-bond acceptors (Lipinski definition) is 5. The Bertz CT molecular complexity index is 1200. The van der Waals surface area contributed by atoms with E-state index in [0.29, 0.717) is 23.9 Å². The molecule has 0 aliphatic carbocycles. The zero-order valence-corrected chi connectivity index (χ0v) is 21.8. The van der Waals surface area contributed by atoms with E-state index in [1.165, 1.54) is 12.0 Å². The molecule has 1 fully saturated rings. The Morgan fingerprint density at radius 3 is 2.37 bits per heavy atom. The first-order valence-electron chi connectivity index (χ1n) is 12.4. The molecule has 0 saturated carbocycles. The summed E-state index contributed by atoms with van der Waals surface area (Å²) in [5.74, 6) is 1.28. The lowest BCUT2D eigenvalue weighted by Crippen LogP contribution is -2.39. The second-order valence-electron chi connectivity index (χ2n) is 10.4. The van der Waals surface area contributed by atoms with Crippen molar-refractivity contribution >= 4 is 21.8 Å². The molecular formula is C27H36N4O3S. The van der Waals surface area contributed by atoms with E-state index in [1.807, 2.05) is 26.0 Å². The molecule has 2 aromatic carbocycles. The molecule has 2 heterocycles. The molecular weight excluding hydrogens is 460 g/mol. The number of amides is 1. The molecule has 7 nitrogen and oxygen atoms in total. The summed E-state index contributed by atoms with van der Waals surface area (Å²) in [6, 6.07) is 14.2. The van der Waals surface area contributed by atoms with Crippen molar-refractivity contribution in [3.8, 4) is 0 Å². The number of carbonyl (C=O) groups excluding carboxylic acids is 1. The Labute approximate surface area is 209 Å². The molecule has 4 rings (SSSR count). The first-order valence-corrected chi connectivity index (χ1v) is 13.9. The minimum absolute atomic E-state index is 0.105. The fourth-order valence-electron chi connectivity index (χ4n) is 5.21. The van der Waals surface area contributed by atoms with Crippen molar-refractivity contribution in [1.82, 2.24) is 14.9 Å². The average molecular weight is 497 g/mol. The molecule has 0 aromatic heterocycles.